The molecular weight excluding hydrogens is 398 g/mol. The van der Waals surface area contributed by atoms with E-state index in [1.807, 2.05) is 12.1 Å². The Hall–Kier alpha value is -2.42. The second-order valence-corrected chi connectivity index (χ2v) is 7.33. The van der Waals surface area contributed by atoms with Crippen molar-refractivity contribution < 1.29 is 33.3 Å². The van der Waals surface area contributed by atoms with Gasteiger partial charge in [-0.05, 0) is 26.0 Å². The number of hydrogen-bond acceptors (Lipinski definition) is 8. The minimum atomic E-state index is -0.707. The fourth-order valence-corrected chi connectivity index (χ4v) is 4.21. The highest BCUT2D eigenvalue weighted by atomic mass is 32.2. The van der Waals surface area contributed by atoms with Gasteiger partial charge < -0.3 is 23.8 Å². The standard InChI is InChI=1S/C20H27NO7S/c1-4-26-19(23)11-10-17(22)21-14(20(24)27-5-2)13-29-18(21)12-28-16-9-7-6-8-15(16)25-3/h6-9,14,18H,4-5,10-13H2,1-3H3. The number of hydrogen-bond donors (Lipinski definition) is 0. The van der Waals surface area contributed by atoms with Crippen LogP contribution in [0.1, 0.15) is 26.7 Å². The van der Waals surface area contributed by atoms with Crippen LogP contribution in [0.3, 0.4) is 0 Å². The Labute approximate surface area is 174 Å². The van der Waals surface area contributed by atoms with Crippen LogP contribution in [0.15, 0.2) is 24.3 Å². The highest BCUT2D eigenvalue weighted by molar-refractivity contribution is 8.00. The number of esters is 2. The Morgan fingerprint density at radius 2 is 1.76 bits per heavy atom. The van der Waals surface area contributed by atoms with Crippen molar-refractivity contribution >= 4 is 29.6 Å². The monoisotopic (exact) mass is 425 g/mol. The highest BCUT2D eigenvalue weighted by Gasteiger charge is 2.42. The Morgan fingerprint density at radius 3 is 2.41 bits per heavy atom. The van der Waals surface area contributed by atoms with Crippen LogP contribution in [-0.2, 0) is 23.9 Å². The van der Waals surface area contributed by atoms with Gasteiger partial charge in [0.25, 0.3) is 0 Å². The molecule has 29 heavy (non-hydrogen) atoms. The van der Waals surface area contributed by atoms with Gasteiger partial charge in [-0.3, -0.25) is 9.59 Å². The van der Waals surface area contributed by atoms with Gasteiger partial charge in [0.2, 0.25) is 5.91 Å². The summed E-state index contributed by atoms with van der Waals surface area (Å²) in [5, 5.41) is -0.385. The summed E-state index contributed by atoms with van der Waals surface area (Å²) in [6.45, 7) is 4.08. The first-order valence-corrected chi connectivity index (χ1v) is 10.6. The summed E-state index contributed by atoms with van der Waals surface area (Å²) in [6, 6.07) is 6.50. The van der Waals surface area contributed by atoms with Crippen LogP contribution in [0.5, 0.6) is 11.5 Å². The molecule has 0 spiro atoms. The molecule has 0 aromatic heterocycles. The van der Waals surface area contributed by atoms with Crippen molar-refractivity contribution in [1.82, 2.24) is 4.90 Å². The van der Waals surface area contributed by atoms with Gasteiger partial charge in [0, 0.05) is 12.2 Å². The van der Waals surface area contributed by atoms with Crippen LogP contribution in [0.25, 0.3) is 0 Å². The summed E-state index contributed by atoms with van der Waals surface area (Å²) >= 11 is 1.44. The first-order valence-electron chi connectivity index (χ1n) is 9.52. The molecule has 1 aliphatic rings. The molecule has 0 saturated carbocycles. The third-order valence-electron chi connectivity index (χ3n) is 4.24. The van der Waals surface area contributed by atoms with E-state index >= 15 is 0 Å². The van der Waals surface area contributed by atoms with Gasteiger partial charge in [-0.2, -0.15) is 0 Å². The zero-order valence-corrected chi connectivity index (χ0v) is 17.7. The van der Waals surface area contributed by atoms with Crippen molar-refractivity contribution in [3.8, 4) is 11.5 Å². The third kappa shape index (κ3) is 6.28. The van der Waals surface area contributed by atoms with E-state index in [2.05, 4.69) is 0 Å². The molecule has 1 aliphatic heterocycles. The van der Waals surface area contributed by atoms with E-state index < -0.39 is 18.0 Å². The molecule has 2 rings (SSSR count). The molecule has 2 atom stereocenters. The Morgan fingerprint density at radius 1 is 1.07 bits per heavy atom. The average molecular weight is 426 g/mol. The molecule has 0 radical (unpaired) electrons. The molecule has 0 bridgehead atoms. The van der Waals surface area contributed by atoms with Crippen molar-refractivity contribution in [1.29, 1.82) is 0 Å². The summed E-state index contributed by atoms with van der Waals surface area (Å²) in [7, 11) is 1.55. The van der Waals surface area contributed by atoms with Crippen LogP contribution in [0.2, 0.25) is 0 Å². The number of rotatable bonds is 10. The van der Waals surface area contributed by atoms with Gasteiger partial charge in [-0.1, -0.05) is 12.1 Å². The van der Waals surface area contributed by atoms with Crippen LogP contribution in [0.4, 0.5) is 0 Å². The van der Waals surface area contributed by atoms with Gasteiger partial charge in [0.1, 0.15) is 18.0 Å². The van der Waals surface area contributed by atoms with E-state index in [0.29, 0.717) is 17.3 Å². The highest BCUT2D eigenvalue weighted by Crippen LogP contribution is 2.33. The molecule has 1 amide bonds. The molecule has 2 unspecified atom stereocenters. The van der Waals surface area contributed by atoms with Crippen LogP contribution in [0, 0.1) is 0 Å². The quantitative estimate of drug-likeness (QED) is 0.527. The number of ether oxygens (including phenoxy) is 4. The van der Waals surface area contributed by atoms with Gasteiger partial charge in [-0.15, -0.1) is 11.8 Å². The summed E-state index contributed by atoms with van der Waals surface area (Å²) < 4.78 is 21.1. The number of nitrogens with zero attached hydrogens (tertiary/aromatic N) is 1. The smallest absolute Gasteiger partial charge is 0.329 e. The molecule has 8 nitrogen and oxygen atoms in total. The molecular formula is C20H27NO7S. The number of carbonyl (C=O) groups is 3. The zero-order chi connectivity index (χ0) is 21.2. The Bertz CT molecular complexity index is 712. The first kappa shape index (κ1) is 22.9. The van der Waals surface area contributed by atoms with Crippen molar-refractivity contribution in [2.24, 2.45) is 0 Å². The second-order valence-electron chi connectivity index (χ2n) is 6.12. The summed E-state index contributed by atoms with van der Waals surface area (Å²) in [5.41, 5.74) is 0. The summed E-state index contributed by atoms with van der Waals surface area (Å²) in [4.78, 5) is 38.3. The number of methoxy groups -OCH3 is 1. The predicted octanol–water partition coefficient (Wildman–Crippen LogP) is 2.25. The minimum absolute atomic E-state index is 0.0382. The van der Waals surface area contributed by atoms with E-state index in [1.54, 1.807) is 33.1 Å². The fraction of sp³-hybridized carbons (Fsp3) is 0.550. The molecule has 1 saturated heterocycles. The molecule has 0 N–H and O–H groups in total. The maximum absolute atomic E-state index is 12.8. The molecule has 160 valence electrons. The number of para-hydroxylation sites is 2. The normalized spacial score (nSPS) is 18.2. The lowest BCUT2D eigenvalue weighted by atomic mass is 10.2. The second kappa shape index (κ2) is 11.5. The lowest BCUT2D eigenvalue weighted by molar-refractivity contribution is -0.154. The van der Waals surface area contributed by atoms with Gasteiger partial charge in [0.05, 0.1) is 26.7 Å². The van der Waals surface area contributed by atoms with Crippen LogP contribution >= 0.6 is 11.8 Å². The third-order valence-corrected chi connectivity index (χ3v) is 5.49. The molecule has 1 aromatic carbocycles. The number of thioether (sulfide) groups is 1. The fourth-order valence-electron chi connectivity index (χ4n) is 2.92. The zero-order valence-electron chi connectivity index (χ0n) is 16.9. The number of benzene rings is 1. The van der Waals surface area contributed by atoms with Gasteiger partial charge in [0.15, 0.2) is 11.5 Å². The van der Waals surface area contributed by atoms with E-state index in [9.17, 15) is 14.4 Å². The van der Waals surface area contributed by atoms with E-state index in [1.165, 1.54) is 16.7 Å². The predicted molar refractivity (Wildman–Crippen MR) is 108 cm³/mol. The summed E-state index contributed by atoms with van der Waals surface area (Å²) in [5.74, 6) is 0.331. The average Bonchev–Trinajstić information content (AvgIpc) is 3.15. The summed E-state index contributed by atoms with van der Waals surface area (Å²) in [6.07, 6.45) is -0.0794. The Kier molecular flexibility index (Phi) is 9.11. The van der Waals surface area contributed by atoms with Crippen molar-refractivity contribution in [3.63, 3.8) is 0 Å². The lowest BCUT2D eigenvalue weighted by Crippen LogP contribution is -2.48. The van der Waals surface area contributed by atoms with Crippen LogP contribution in [-0.4, -0.2) is 66.8 Å². The molecule has 1 aromatic rings. The maximum Gasteiger partial charge on any atom is 0.329 e. The van der Waals surface area contributed by atoms with E-state index in [-0.39, 0.29) is 43.9 Å². The number of amides is 1. The van der Waals surface area contributed by atoms with Gasteiger partial charge in [-0.25, -0.2) is 4.79 Å². The topological polar surface area (TPSA) is 91.4 Å². The van der Waals surface area contributed by atoms with E-state index in [4.69, 9.17) is 18.9 Å². The minimum Gasteiger partial charge on any atom is -0.493 e. The van der Waals surface area contributed by atoms with Crippen molar-refractivity contribution in [2.45, 2.75) is 38.1 Å². The van der Waals surface area contributed by atoms with Crippen LogP contribution < -0.4 is 9.47 Å². The molecule has 0 aliphatic carbocycles. The maximum atomic E-state index is 12.8. The van der Waals surface area contributed by atoms with Crippen molar-refractivity contribution in [2.75, 3.05) is 32.7 Å². The molecule has 9 heteroatoms. The first-order chi connectivity index (χ1) is 14.0. The van der Waals surface area contributed by atoms with E-state index in [0.717, 1.165) is 0 Å². The largest absolute Gasteiger partial charge is 0.493 e. The number of carbonyl (C=O) groups excluding carboxylic acids is 3. The van der Waals surface area contributed by atoms with Crippen molar-refractivity contribution in [3.05, 3.63) is 24.3 Å². The lowest BCUT2D eigenvalue weighted by Gasteiger charge is -2.28. The van der Waals surface area contributed by atoms with Gasteiger partial charge >= 0.3 is 11.9 Å². The molecule has 1 heterocycles. The Balaban J connectivity index is 2.08. The molecule has 1 fully saturated rings. The SMILES string of the molecule is CCOC(=O)CCC(=O)N1C(COc2ccccc2OC)SCC1C(=O)OCC.